The number of nitrogens with two attached hydrogens (primary N) is 1. The van der Waals surface area contributed by atoms with Gasteiger partial charge in [0.05, 0.1) is 22.6 Å². The van der Waals surface area contributed by atoms with Gasteiger partial charge in [0, 0.05) is 12.6 Å². The van der Waals surface area contributed by atoms with Gasteiger partial charge in [0.2, 0.25) is 11.8 Å². The first kappa shape index (κ1) is 20.2. The van der Waals surface area contributed by atoms with Crippen LogP contribution in [-0.2, 0) is 16.0 Å². The molecule has 1 atom stereocenters. The van der Waals surface area contributed by atoms with Gasteiger partial charge in [0.25, 0.3) is 0 Å². The van der Waals surface area contributed by atoms with E-state index in [1.165, 1.54) is 0 Å². The zero-order valence-electron chi connectivity index (χ0n) is 16.8. The molecule has 0 aliphatic heterocycles. The average molecular weight is 410 g/mol. The molecule has 3 aromatic carbocycles. The van der Waals surface area contributed by atoms with Crippen molar-refractivity contribution in [1.29, 1.82) is 0 Å². The zero-order valence-corrected chi connectivity index (χ0v) is 16.8. The Morgan fingerprint density at radius 1 is 0.806 bits per heavy atom. The normalized spacial score (nSPS) is 11.9. The van der Waals surface area contributed by atoms with E-state index >= 15 is 0 Å². The SMILES string of the molecule is NC(=O)[C@H](Cc1cnc2ccccc2n1)NC(=O)C(c1ccccc1)c1ccccc1. The van der Waals surface area contributed by atoms with Gasteiger partial charge in [-0.3, -0.25) is 14.6 Å². The average Bonchev–Trinajstić information content (AvgIpc) is 2.80. The molecule has 31 heavy (non-hydrogen) atoms. The highest BCUT2D eigenvalue weighted by Crippen LogP contribution is 2.25. The summed E-state index contributed by atoms with van der Waals surface area (Å²) in [6, 6.07) is 25.5. The zero-order chi connectivity index (χ0) is 21.6. The van der Waals surface area contributed by atoms with Crippen molar-refractivity contribution in [3.05, 3.63) is 108 Å². The number of carbonyl (C=O) groups excluding carboxylic acids is 2. The van der Waals surface area contributed by atoms with E-state index in [9.17, 15) is 9.59 Å². The van der Waals surface area contributed by atoms with Crippen molar-refractivity contribution in [2.45, 2.75) is 18.4 Å². The first-order valence-corrected chi connectivity index (χ1v) is 10.0. The number of amides is 2. The summed E-state index contributed by atoms with van der Waals surface area (Å²) in [6.45, 7) is 0. The van der Waals surface area contributed by atoms with E-state index in [1.54, 1.807) is 6.20 Å². The van der Waals surface area contributed by atoms with Crippen molar-refractivity contribution >= 4 is 22.8 Å². The Bertz CT molecular complexity index is 1160. The lowest BCUT2D eigenvalue weighted by Gasteiger charge is -2.21. The molecule has 4 aromatic rings. The summed E-state index contributed by atoms with van der Waals surface area (Å²) in [4.78, 5) is 34.4. The van der Waals surface area contributed by atoms with Crippen LogP contribution in [0.1, 0.15) is 22.7 Å². The molecule has 154 valence electrons. The molecule has 4 rings (SSSR count). The molecule has 6 heteroatoms. The van der Waals surface area contributed by atoms with Crippen molar-refractivity contribution in [2.24, 2.45) is 5.73 Å². The van der Waals surface area contributed by atoms with Gasteiger partial charge < -0.3 is 11.1 Å². The monoisotopic (exact) mass is 410 g/mol. The summed E-state index contributed by atoms with van der Waals surface area (Å²) in [5.74, 6) is -1.48. The number of benzene rings is 3. The second-order valence-electron chi connectivity index (χ2n) is 7.27. The van der Waals surface area contributed by atoms with Gasteiger partial charge in [0.1, 0.15) is 6.04 Å². The fourth-order valence-corrected chi connectivity index (χ4v) is 3.57. The maximum Gasteiger partial charge on any atom is 0.240 e. The van der Waals surface area contributed by atoms with E-state index in [1.807, 2.05) is 84.9 Å². The van der Waals surface area contributed by atoms with Crippen LogP contribution in [0.2, 0.25) is 0 Å². The van der Waals surface area contributed by atoms with Crippen LogP contribution in [0.25, 0.3) is 11.0 Å². The minimum absolute atomic E-state index is 0.162. The van der Waals surface area contributed by atoms with E-state index in [2.05, 4.69) is 15.3 Å². The van der Waals surface area contributed by atoms with E-state index in [0.29, 0.717) is 5.69 Å². The minimum Gasteiger partial charge on any atom is -0.368 e. The number of aromatic nitrogens is 2. The number of rotatable bonds is 7. The first-order valence-electron chi connectivity index (χ1n) is 10.0. The molecule has 0 fully saturated rings. The highest BCUT2D eigenvalue weighted by Gasteiger charge is 2.27. The molecule has 1 aromatic heterocycles. The Kier molecular flexibility index (Phi) is 5.98. The van der Waals surface area contributed by atoms with Crippen LogP contribution in [0, 0.1) is 0 Å². The van der Waals surface area contributed by atoms with Crippen molar-refractivity contribution < 1.29 is 9.59 Å². The van der Waals surface area contributed by atoms with E-state index in [-0.39, 0.29) is 12.3 Å². The van der Waals surface area contributed by atoms with Gasteiger partial charge in [-0.25, -0.2) is 4.98 Å². The fourth-order valence-electron chi connectivity index (χ4n) is 3.57. The summed E-state index contributed by atoms with van der Waals surface area (Å²) in [6.07, 6.45) is 1.77. The number of nitrogens with one attached hydrogen (secondary N) is 1. The van der Waals surface area contributed by atoms with Gasteiger partial charge in [0.15, 0.2) is 0 Å². The van der Waals surface area contributed by atoms with Crippen molar-refractivity contribution in [1.82, 2.24) is 15.3 Å². The molecule has 0 bridgehead atoms. The molecular weight excluding hydrogens is 388 g/mol. The summed E-state index contributed by atoms with van der Waals surface area (Å²) in [7, 11) is 0. The highest BCUT2D eigenvalue weighted by molar-refractivity contribution is 5.92. The summed E-state index contributed by atoms with van der Waals surface area (Å²) in [5, 5.41) is 2.83. The van der Waals surface area contributed by atoms with Crippen LogP contribution in [0.5, 0.6) is 0 Å². The standard InChI is InChI=1S/C25H22N4O2/c26-24(30)22(15-19-16-27-20-13-7-8-14-21(20)28-19)29-25(31)23(17-9-3-1-4-10-17)18-11-5-2-6-12-18/h1-14,16,22-23H,15H2,(H2,26,30)(H,29,31)/t22-/m0/s1. The van der Waals surface area contributed by atoms with Gasteiger partial charge in [-0.15, -0.1) is 0 Å². The van der Waals surface area contributed by atoms with Crippen LogP contribution < -0.4 is 11.1 Å². The topological polar surface area (TPSA) is 98.0 Å². The smallest absolute Gasteiger partial charge is 0.240 e. The number of nitrogens with zero attached hydrogens (tertiary/aromatic N) is 2. The molecule has 2 amide bonds. The third kappa shape index (κ3) is 4.75. The molecule has 0 radical (unpaired) electrons. The highest BCUT2D eigenvalue weighted by atomic mass is 16.2. The van der Waals surface area contributed by atoms with Gasteiger partial charge in [-0.2, -0.15) is 0 Å². The molecule has 6 nitrogen and oxygen atoms in total. The molecular formula is C25H22N4O2. The minimum atomic E-state index is -0.905. The number of carbonyl (C=O) groups is 2. The Labute approximate surface area is 180 Å². The summed E-state index contributed by atoms with van der Waals surface area (Å²) < 4.78 is 0. The second-order valence-corrected chi connectivity index (χ2v) is 7.27. The molecule has 3 N–H and O–H groups in total. The van der Waals surface area contributed by atoms with Crippen LogP contribution >= 0.6 is 0 Å². The number of fused-ring (bicyclic) bond motifs is 1. The molecule has 0 unspecified atom stereocenters. The third-order valence-electron chi connectivity index (χ3n) is 5.10. The molecule has 0 saturated heterocycles. The molecule has 1 heterocycles. The third-order valence-corrected chi connectivity index (χ3v) is 5.10. The Hall–Kier alpha value is -4.06. The number of hydrogen-bond acceptors (Lipinski definition) is 4. The van der Waals surface area contributed by atoms with Crippen LogP contribution in [-0.4, -0.2) is 27.8 Å². The number of para-hydroxylation sites is 2. The van der Waals surface area contributed by atoms with Crippen LogP contribution in [0.4, 0.5) is 0 Å². The van der Waals surface area contributed by atoms with E-state index in [0.717, 1.165) is 22.2 Å². The number of primary amides is 1. The predicted octanol–water partition coefficient (Wildman–Crippen LogP) is 2.97. The quantitative estimate of drug-likeness (QED) is 0.489. The molecule has 0 aliphatic carbocycles. The van der Waals surface area contributed by atoms with Crippen molar-refractivity contribution in [3.8, 4) is 0 Å². The lowest BCUT2D eigenvalue weighted by atomic mass is 9.90. The Morgan fingerprint density at radius 2 is 1.35 bits per heavy atom. The van der Waals surface area contributed by atoms with Gasteiger partial charge in [-0.05, 0) is 23.3 Å². The van der Waals surface area contributed by atoms with Crippen molar-refractivity contribution in [2.75, 3.05) is 0 Å². The summed E-state index contributed by atoms with van der Waals surface area (Å²) in [5.41, 5.74) is 9.36. The molecule has 0 spiro atoms. The largest absolute Gasteiger partial charge is 0.368 e. The first-order chi connectivity index (χ1) is 15.1. The van der Waals surface area contributed by atoms with Crippen molar-refractivity contribution in [3.63, 3.8) is 0 Å². The van der Waals surface area contributed by atoms with Gasteiger partial charge in [-0.1, -0.05) is 72.8 Å². The van der Waals surface area contributed by atoms with Crippen LogP contribution in [0.15, 0.2) is 91.1 Å². The summed E-state index contributed by atoms with van der Waals surface area (Å²) >= 11 is 0. The second kappa shape index (κ2) is 9.17. The fraction of sp³-hybridized carbons (Fsp3) is 0.120. The molecule has 0 saturated carbocycles. The predicted molar refractivity (Wildman–Crippen MR) is 119 cm³/mol. The lowest BCUT2D eigenvalue weighted by molar-refractivity contribution is -0.127. The maximum atomic E-state index is 13.3. The maximum absolute atomic E-state index is 13.3. The van der Waals surface area contributed by atoms with E-state index in [4.69, 9.17) is 5.73 Å². The lowest BCUT2D eigenvalue weighted by Crippen LogP contribution is -2.47. The molecule has 0 aliphatic rings. The number of hydrogen-bond donors (Lipinski definition) is 2. The Morgan fingerprint density at radius 3 is 1.94 bits per heavy atom. The van der Waals surface area contributed by atoms with Crippen LogP contribution in [0.3, 0.4) is 0 Å². The van der Waals surface area contributed by atoms with Gasteiger partial charge >= 0.3 is 0 Å². The Balaban J connectivity index is 1.59. The van der Waals surface area contributed by atoms with E-state index < -0.39 is 17.9 Å².